The second-order valence-corrected chi connectivity index (χ2v) is 6.93. The molecular weight excluding hydrogens is 528 g/mol. The van der Waals surface area contributed by atoms with Gasteiger partial charge in [0.1, 0.15) is 6.33 Å². The van der Waals surface area contributed by atoms with Crippen LogP contribution in [0.4, 0.5) is 5.95 Å². The van der Waals surface area contributed by atoms with Crippen molar-refractivity contribution in [2.45, 2.75) is 0 Å². The Bertz CT molecular complexity index is 712. The van der Waals surface area contributed by atoms with E-state index in [4.69, 9.17) is 0 Å². The van der Waals surface area contributed by atoms with Crippen molar-refractivity contribution in [2.24, 2.45) is 0 Å². The highest BCUT2D eigenvalue weighted by Crippen LogP contribution is 2.45. The maximum absolute atomic E-state index is 12.5. The van der Waals surface area contributed by atoms with Crippen molar-refractivity contribution in [1.29, 1.82) is 0 Å². The number of halogens is 4. The molecular formula is C10H2Br4N4O2. The van der Waals surface area contributed by atoms with Gasteiger partial charge in [0, 0.05) is 17.9 Å². The first-order chi connectivity index (χ1) is 9.45. The van der Waals surface area contributed by atoms with E-state index in [1.54, 1.807) is 0 Å². The second kappa shape index (κ2) is 5.00. The van der Waals surface area contributed by atoms with E-state index in [1.165, 1.54) is 6.33 Å². The second-order valence-electron chi connectivity index (χ2n) is 3.76. The van der Waals surface area contributed by atoms with Gasteiger partial charge < -0.3 is 0 Å². The number of aromatic nitrogens is 3. The quantitative estimate of drug-likeness (QED) is 0.348. The molecule has 0 saturated carbocycles. The summed E-state index contributed by atoms with van der Waals surface area (Å²) in [6.45, 7) is 0. The number of carbonyl (C=O) groups excluding carboxylic acids is 2. The standard InChI is InChI=1S/C10H2Br4N4O2/c11-4-2-3(5(12)7(14)6(4)13)9(20)18(8(2)19)10-15-1-16-17-10/h1H,(H,15,16,17). The lowest BCUT2D eigenvalue weighted by Crippen LogP contribution is -2.30. The van der Waals surface area contributed by atoms with Crippen LogP contribution in [0.25, 0.3) is 0 Å². The first kappa shape index (κ1) is 14.4. The molecule has 1 aliphatic heterocycles. The van der Waals surface area contributed by atoms with E-state index in [-0.39, 0.29) is 17.1 Å². The molecule has 2 aromatic rings. The molecule has 1 aromatic carbocycles. The Morgan fingerprint density at radius 2 is 1.40 bits per heavy atom. The number of carbonyl (C=O) groups is 2. The number of benzene rings is 1. The molecule has 3 rings (SSSR count). The van der Waals surface area contributed by atoms with E-state index in [9.17, 15) is 9.59 Å². The van der Waals surface area contributed by atoms with Crippen molar-refractivity contribution in [3.63, 3.8) is 0 Å². The van der Waals surface area contributed by atoms with Gasteiger partial charge in [-0.25, -0.2) is 10.00 Å². The minimum Gasteiger partial charge on any atom is -0.268 e. The summed E-state index contributed by atoms with van der Waals surface area (Å²) >= 11 is 13.4. The maximum Gasteiger partial charge on any atom is 0.269 e. The summed E-state index contributed by atoms with van der Waals surface area (Å²) in [5.41, 5.74) is 0.543. The summed E-state index contributed by atoms with van der Waals surface area (Å²) in [6, 6.07) is 0. The third-order valence-electron chi connectivity index (χ3n) is 2.72. The normalized spacial score (nSPS) is 14.1. The number of fused-ring (bicyclic) bond motifs is 1. The zero-order valence-corrected chi connectivity index (χ0v) is 15.6. The van der Waals surface area contributed by atoms with Crippen molar-refractivity contribution in [1.82, 2.24) is 15.2 Å². The van der Waals surface area contributed by atoms with Crippen molar-refractivity contribution < 1.29 is 9.59 Å². The van der Waals surface area contributed by atoms with Crippen LogP contribution in [0.15, 0.2) is 24.2 Å². The average Bonchev–Trinajstić information content (AvgIpc) is 3.01. The number of nitrogens with zero attached hydrogens (tertiary/aromatic N) is 3. The Morgan fingerprint density at radius 3 is 1.80 bits per heavy atom. The molecule has 6 nitrogen and oxygen atoms in total. The molecule has 0 aliphatic carbocycles. The molecule has 1 aromatic heterocycles. The van der Waals surface area contributed by atoms with Crippen LogP contribution in [-0.2, 0) is 0 Å². The fourth-order valence-electron chi connectivity index (χ4n) is 1.85. The molecule has 2 amide bonds. The van der Waals surface area contributed by atoms with Crippen molar-refractivity contribution in [3.05, 3.63) is 35.3 Å². The maximum atomic E-state index is 12.5. The van der Waals surface area contributed by atoms with E-state index >= 15 is 0 Å². The van der Waals surface area contributed by atoms with E-state index < -0.39 is 11.8 Å². The number of hydrogen-bond acceptors (Lipinski definition) is 4. The molecule has 0 atom stereocenters. The number of nitrogens with one attached hydrogen (secondary N) is 1. The van der Waals surface area contributed by atoms with Gasteiger partial charge in [0.05, 0.1) is 11.1 Å². The minimum atomic E-state index is -0.470. The van der Waals surface area contributed by atoms with Crippen LogP contribution in [0.3, 0.4) is 0 Å². The van der Waals surface area contributed by atoms with Gasteiger partial charge in [0.25, 0.3) is 11.8 Å². The predicted molar refractivity (Wildman–Crippen MR) is 84.8 cm³/mol. The molecule has 0 saturated heterocycles. The molecule has 0 radical (unpaired) electrons. The summed E-state index contributed by atoms with van der Waals surface area (Å²) in [5, 5.41) is 6.17. The van der Waals surface area contributed by atoms with E-state index in [0.29, 0.717) is 17.9 Å². The van der Waals surface area contributed by atoms with Gasteiger partial charge in [-0.15, -0.1) is 0 Å². The highest BCUT2D eigenvalue weighted by Gasteiger charge is 2.43. The monoisotopic (exact) mass is 526 g/mol. The van der Waals surface area contributed by atoms with Crippen LogP contribution in [-0.4, -0.2) is 27.0 Å². The molecule has 0 unspecified atom stereocenters. The molecule has 0 spiro atoms. The Kier molecular flexibility index (Phi) is 3.59. The third kappa shape index (κ3) is 1.85. The molecule has 1 aliphatic rings. The van der Waals surface area contributed by atoms with E-state index in [1.807, 2.05) is 0 Å². The number of anilines is 1. The average molecular weight is 530 g/mol. The minimum absolute atomic E-state index is 0.0854. The number of amides is 2. The molecule has 1 N–H and O–H groups in total. The van der Waals surface area contributed by atoms with Crippen LogP contribution in [0.1, 0.15) is 20.7 Å². The molecule has 0 fully saturated rings. The number of H-pyrrole nitrogens is 1. The molecule has 10 heteroatoms. The van der Waals surface area contributed by atoms with E-state index in [0.717, 1.165) is 4.90 Å². The summed E-state index contributed by atoms with van der Waals surface area (Å²) in [5.74, 6) is -0.854. The lowest BCUT2D eigenvalue weighted by molar-refractivity contribution is 0.0923. The smallest absolute Gasteiger partial charge is 0.268 e. The van der Waals surface area contributed by atoms with Gasteiger partial charge in [0.15, 0.2) is 0 Å². The van der Waals surface area contributed by atoms with Gasteiger partial charge in [0.2, 0.25) is 5.95 Å². The third-order valence-corrected chi connectivity index (χ3v) is 7.48. The van der Waals surface area contributed by atoms with Gasteiger partial charge >= 0.3 is 0 Å². The SMILES string of the molecule is O=C1c2c(Br)c(Br)c(Br)c(Br)c2C(=O)N1c1ncn[nH]1. The zero-order chi connectivity index (χ0) is 14.6. The zero-order valence-electron chi connectivity index (χ0n) is 9.25. The summed E-state index contributed by atoms with van der Waals surface area (Å²) in [6.07, 6.45) is 1.23. The number of rotatable bonds is 1. The number of hydrogen-bond donors (Lipinski definition) is 1. The summed E-state index contributed by atoms with van der Waals surface area (Å²) in [7, 11) is 0. The topological polar surface area (TPSA) is 79.0 Å². The van der Waals surface area contributed by atoms with Crippen LogP contribution in [0, 0.1) is 0 Å². The van der Waals surface area contributed by atoms with Crippen LogP contribution in [0.5, 0.6) is 0 Å². The Hall–Kier alpha value is -0.580. The Balaban J connectivity index is 2.30. The fraction of sp³-hybridized carbons (Fsp3) is 0. The lowest BCUT2D eigenvalue weighted by Gasteiger charge is -2.08. The van der Waals surface area contributed by atoms with Gasteiger partial charge in [-0.1, -0.05) is 0 Å². The predicted octanol–water partition coefficient (Wildman–Crippen LogP) is 3.66. The van der Waals surface area contributed by atoms with Gasteiger partial charge in [-0.2, -0.15) is 10.1 Å². The van der Waals surface area contributed by atoms with Crippen molar-refractivity contribution in [3.8, 4) is 0 Å². The Morgan fingerprint density at radius 1 is 0.900 bits per heavy atom. The highest BCUT2D eigenvalue weighted by atomic mass is 79.9. The van der Waals surface area contributed by atoms with Gasteiger partial charge in [-0.3, -0.25) is 9.59 Å². The molecule has 20 heavy (non-hydrogen) atoms. The first-order valence-corrected chi connectivity index (χ1v) is 8.22. The molecule has 0 bridgehead atoms. The summed E-state index contributed by atoms with van der Waals surface area (Å²) < 4.78 is 2.29. The Labute approximate surface area is 145 Å². The largest absolute Gasteiger partial charge is 0.269 e. The van der Waals surface area contributed by atoms with Crippen LogP contribution in [0.2, 0.25) is 0 Å². The molecule has 102 valence electrons. The van der Waals surface area contributed by atoms with Crippen molar-refractivity contribution in [2.75, 3.05) is 4.90 Å². The lowest BCUT2D eigenvalue weighted by atomic mass is 10.1. The fourth-order valence-corrected chi connectivity index (χ4v) is 4.31. The summed E-state index contributed by atoms with van der Waals surface area (Å²) in [4.78, 5) is 29.7. The van der Waals surface area contributed by atoms with Crippen LogP contribution < -0.4 is 4.90 Å². The first-order valence-electron chi connectivity index (χ1n) is 5.05. The number of aromatic amines is 1. The van der Waals surface area contributed by atoms with Gasteiger partial charge in [-0.05, 0) is 63.7 Å². The highest BCUT2D eigenvalue weighted by molar-refractivity contribution is 9.15. The molecule has 2 heterocycles. The number of imide groups is 1. The van der Waals surface area contributed by atoms with Crippen molar-refractivity contribution >= 4 is 81.5 Å². The van der Waals surface area contributed by atoms with Crippen LogP contribution >= 0.6 is 63.7 Å². The van der Waals surface area contributed by atoms with E-state index in [2.05, 4.69) is 78.9 Å².